The van der Waals surface area contributed by atoms with E-state index in [0.29, 0.717) is 35.8 Å². The molecule has 3 aliphatic heterocycles. The lowest BCUT2D eigenvalue weighted by atomic mass is 9.86. The summed E-state index contributed by atoms with van der Waals surface area (Å²) < 4.78 is 11.3. The van der Waals surface area contributed by atoms with Gasteiger partial charge in [-0.1, -0.05) is 63.3 Å². The zero-order chi connectivity index (χ0) is 36.9. The first-order chi connectivity index (χ1) is 24.1. The number of allylic oxidation sites excluding steroid dienone is 1. The van der Waals surface area contributed by atoms with Gasteiger partial charge in [-0.05, 0) is 69.7 Å². The van der Waals surface area contributed by atoms with E-state index in [1.54, 1.807) is 25.7 Å². The summed E-state index contributed by atoms with van der Waals surface area (Å²) in [6, 6.07) is 14.5. The highest BCUT2D eigenvalue weighted by Crippen LogP contribution is 2.34. The van der Waals surface area contributed by atoms with Crippen LogP contribution in [0.3, 0.4) is 0 Å². The van der Waals surface area contributed by atoms with Gasteiger partial charge < -0.3 is 14.4 Å². The molecule has 3 atom stereocenters. The normalized spacial score (nSPS) is 21.2. The molecule has 1 aromatic heterocycles. The Labute approximate surface area is 298 Å². The molecule has 6 bridgehead atoms. The zero-order valence-corrected chi connectivity index (χ0v) is 30.4. The van der Waals surface area contributed by atoms with Crippen molar-refractivity contribution in [1.29, 1.82) is 0 Å². The minimum absolute atomic E-state index is 0.0779. The van der Waals surface area contributed by atoms with Gasteiger partial charge in [0, 0.05) is 24.1 Å². The highest BCUT2D eigenvalue weighted by atomic mass is 16.6. The van der Waals surface area contributed by atoms with Crippen molar-refractivity contribution in [2.24, 2.45) is 21.4 Å². The largest absolute Gasteiger partial charge is 0.471 e. The second-order valence-electron chi connectivity index (χ2n) is 15.0. The minimum Gasteiger partial charge on any atom is -0.471 e. The van der Waals surface area contributed by atoms with Crippen LogP contribution in [0.25, 0.3) is 28.4 Å². The summed E-state index contributed by atoms with van der Waals surface area (Å²) in [5.74, 6) is 5.56. The van der Waals surface area contributed by atoms with Crippen LogP contribution in [0.4, 0.5) is 4.79 Å². The maximum Gasteiger partial charge on any atom is 0.421 e. The quantitative estimate of drug-likeness (QED) is 0.167. The van der Waals surface area contributed by atoms with Crippen molar-refractivity contribution < 1.29 is 23.9 Å². The molecule has 0 aliphatic carbocycles. The van der Waals surface area contributed by atoms with Gasteiger partial charge in [-0.3, -0.25) is 25.4 Å². The number of fused-ring (bicyclic) bond motifs is 9. The number of benzene rings is 2. The number of hydrazine groups is 1. The Morgan fingerprint density at radius 1 is 1.04 bits per heavy atom. The fourth-order valence-electron chi connectivity index (χ4n) is 6.06. The fraction of sp³-hybridized carbons (Fsp3) is 0.447. The number of para-hydroxylation sites is 2. The second kappa shape index (κ2) is 15.4. The first-order valence-corrected chi connectivity index (χ1v) is 17.2. The number of nitrogens with zero attached hydrogens (tertiary/aromatic N) is 5. The molecule has 0 spiro atoms. The number of carbonyl (C=O) groups is 3. The van der Waals surface area contributed by atoms with Gasteiger partial charge in [0.2, 0.25) is 11.8 Å². The third-order valence-corrected chi connectivity index (χ3v) is 8.47. The number of nitrogens with two attached hydrogens (primary N) is 1. The number of amides is 2. The molecule has 2 amide bonds. The number of Topliss-reactive ketones (excluding diaryl/α,β-unsaturated/α-hetero) is 1. The lowest BCUT2D eigenvalue weighted by Crippen LogP contribution is -2.49. The number of aromatic nitrogens is 2. The van der Waals surface area contributed by atoms with Crippen LogP contribution in [-0.2, 0) is 14.3 Å². The van der Waals surface area contributed by atoms with E-state index in [2.05, 4.69) is 34.8 Å². The Morgan fingerprint density at radius 3 is 2.41 bits per heavy atom. The molecule has 1 saturated heterocycles. The predicted octanol–water partition coefficient (Wildman–Crippen LogP) is 5.59. The van der Waals surface area contributed by atoms with E-state index in [0.717, 1.165) is 35.2 Å². The fourth-order valence-corrected chi connectivity index (χ4v) is 6.06. The van der Waals surface area contributed by atoms with E-state index in [9.17, 15) is 14.4 Å². The van der Waals surface area contributed by atoms with Gasteiger partial charge in [0.25, 0.3) is 0 Å². The highest BCUT2D eigenvalue weighted by molar-refractivity contribution is 6.08. The van der Waals surface area contributed by atoms with E-state index in [4.69, 9.17) is 30.3 Å². The summed E-state index contributed by atoms with van der Waals surface area (Å²) >= 11 is 0. The second-order valence-corrected chi connectivity index (χ2v) is 15.0. The van der Waals surface area contributed by atoms with Crippen LogP contribution < -0.4 is 21.4 Å². The first-order valence-electron chi connectivity index (χ1n) is 17.2. The lowest BCUT2D eigenvalue weighted by molar-refractivity contribution is -0.140. The van der Waals surface area contributed by atoms with Crippen LogP contribution in [0.2, 0.25) is 0 Å². The number of ketones is 1. The molecule has 270 valence electrons. The number of hydrogen-bond donors (Lipinski definition) is 3. The van der Waals surface area contributed by atoms with Gasteiger partial charge in [-0.15, -0.1) is 0 Å². The average molecular weight is 697 g/mol. The van der Waals surface area contributed by atoms with E-state index >= 15 is 0 Å². The maximum atomic E-state index is 14.1. The Morgan fingerprint density at radius 2 is 1.76 bits per heavy atom. The van der Waals surface area contributed by atoms with Gasteiger partial charge in [0.1, 0.15) is 29.3 Å². The van der Waals surface area contributed by atoms with Crippen LogP contribution in [0.1, 0.15) is 79.7 Å². The smallest absolute Gasteiger partial charge is 0.421 e. The number of aliphatic imine (C=N–C) groups is 1. The molecule has 2 aromatic carbocycles. The van der Waals surface area contributed by atoms with Crippen LogP contribution >= 0.6 is 0 Å². The molecular formula is C38H48N8O5. The molecular weight excluding hydrogens is 648 g/mol. The number of hydrogen-bond acceptors (Lipinski definition) is 11. The topological polar surface area (TPSA) is 173 Å². The number of amidine groups is 1. The summed E-state index contributed by atoms with van der Waals surface area (Å²) in [6.07, 6.45) is 5.75. The van der Waals surface area contributed by atoms with Crippen molar-refractivity contribution in [2.45, 2.75) is 97.9 Å². The molecule has 0 saturated carbocycles. The van der Waals surface area contributed by atoms with Crippen molar-refractivity contribution in [2.75, 3.05) is 6.54 Å². The number of hydrazone groups is 1. The third kappa shape index (κ3) is 9.54. The summed E-state index contributed by atoms with van der Waals surface area (Å²) in [4.78, 5) is 53.7. The highest BCUT2D eigenvalue weighted by Gasteiger charge is 2.44. The van der Waals surface area contributed by atoms with E-state index in [1.165, 1.54) is 6.92 Å². The van der Waals surface area contributed by atoms with Crippen molar-refractivity contribution in [3.05, 3.63) is 60.2 Å². The summed E-state index contributed by atoms with van der Waals surface area (Å²) in [7, 11) is 0. The summed E-state index contributed by atoms with van der Waals surface area (Å²) in [6.45, 7) is 13.1. The van der Waals surface area contributed by atoms with E-state index < -0.39 is 35.3 Å². The number of ether oxygens (including phenoxy) is 2. The molecule has 0 radical (unpaired) electrons. The average Bonchev–Trinajstić information content (AvgIpc) is 3.71. The van der Waals surface area contributed by atoms with Crippen LogP contribution in [0.5, 0.6) is 5.88 Å². The first kappa shape index (κ1) is 37.1. The zero-order valence-electron chi connectivity index (χ0n) is 30.4. The van der Waals surface area contributed by atoms with Crippen molar-refractivity contribution in [3.8, 4) is 17.1 Å². The van der Waals surface area contributed by atoms with Gasteiger partial charge in [-0.2, -0.15) is 5.10 Å². The Hall–Kier alpha value is -5.17. The number of carbonyl (C=O) groups excluding carboxylic acids is 3. The Bertz CT molecular complexity index is 1870. The molecule has 4 N–H and O–H groups in total. The van der Waals surface area contributed by atoms with Crippen LogP contribution in [-0.4, -0.2) is 74.5 Å². The summed E-state index contributed by atoms with van der Waals surface area (Å²) in [5.41, 5.74) is 8.99. The Kier molecular flexibility index (Phi) is 11.2. The molecule has 51 heavy (non-hydrogen) atoms. The van der Waals surface area contributed by atoms with Crippen molar-refractivity contribution in [3.63, 3.8) is 0 Å². The van der Waals surface area contributed by atoms with Crippen molar-refractivity contribution >= 4 is 46.4 Å². The number of nitrogens with one attached hydrogen (secondary N) is 2. The number of rotatable bonds is 1. The minimum atomic E-state index is -0.686. The molecule has 13 heteroatoms. The standard InChI is InChI=1S/C33H36N6O3.C5H12N2O2/c1-20(40)27-18-24-19-39(27)32(41)30(33(2,3)4)36-28-17-23(37-38-28)13-6-5-10-21-11-9-12-22(16-21)29-31(42-24)35-26-15-8-7-14-25(26)34-29;1-5(2,3)9-4(8)7-6/h5,7-12,14-16,24,27,30H,6,13,17-19H2,1-4H3,(H,36,38);6H2,1-3H3,(H,7,8)/b10-5+;/t24-,27+,30-;/m1./s1. The molecule has 6 rings (SSSR count). The van der Waals surface area contributed by atoms with Gasteiger partial charge >= 0.3 is 6.09 Å². The molecule has 3 aromatic rings. The van der Waals surface area contributed by atoms with E-state index in [1.807, 2.05) is 62.6 Å². The van der Waals surface area contributed by atoms with Crippen molar-refractivity contribution in [1.82, 2.24) is 25.7 Å². The third-order valence-electron chi connectivity index (χ3n) is 8.47. The predicted molar refractivity (Wildman–Crippen MR) is 198 cm³/mol. The van der Waals surface area contributed by atoms with E-state index in [-0.39, 0.29) is 18.2 Å². The molecule has 1 fully saturated rings. The molecule has 4 heterocycles. The van der Waals surface area contributed by atoms with Gasteiger partial charge in [0.15, 0.2) is 5.78 Å². The molecule has 13 nitrogen and oxygen atoms in total. The lowest BCUT2D eigenvalue weighted by Gasteiger charge is -2.32. The van der Waals surface area contributed by atoms with Crippen LogP contribution in [0.15, 0.2) is 64.7 Å². The van der Waals surface area contributed by atoms with Gasteiger partial charge in [0.05, 0.1) is 23.6 Å². The Balaban J connectivity index is 0.000000496. The molecule has 0 unspecified atom stereocenters. The SMILES string of the molecule is CC(=O)[C@@H]1C[C@@H]2CN1C(=O)[C@H](C(C)(C)C)N=C1CC(=NN1)CC/C=C/c1cccc(c1)-c1nc3ccccc3nc1O2.CC(C)(C)OC(=O)NN. The summed E-state index contributed by atoms with van der Waals surface area (Å²) in [5, 5.41) is 4.48. The van der Waals surface area contributed by atoms with Crippen LogP contribution in [0, 0.1) is 5.41 Å². The monoisotopic (exact) mass is 696 g/mol. The maximum absolute atomic E-state index is 14.1. The van der Waals surface area contributed by atoms with Gasteiger partial charge in [-0.25, -0.2) is 20.6 Å². The molecule has 3 aliphatic rings.